The molecule has 0 fully saturated rings. The molecule has 0 aliphatic rings. The highest BCUT2D eigenvalue weighted by Gasteiger charge is 2.32. The lowest BCUT2D eigenvalue weighted by Gasteiger charge is -2.06. The largest absolute Gasteiger partial charge is 0.433 e. The molecule has 1 aromatic heterocycles. The minimum atomic E-state index is -4.47. The van der Waals surface area contributed by atoms with E-state index in [1.54, 1.807) is 0 Å². The van der Waals surface area contributed by atoms with Crippen LogP contribution in [0.3, 0.4) is 0 Å². The van der Waals surface area contributed by atoms with Crippen LogP contribution in [-0.2, 0) is 6.18 Å². The number of halogens is 3. The summed E-state index contributed by atoms with van der Waals surface area (Å²) in [6.07, 6.45) is -4.47. The molecule has 0 aliphatic heterocycles. The summed E-state index contributed by atoms with van der Waals surface area (Å²) < 4.78 is 35.8. The molecule has 1 aromatic rings. The Morgan fingerprint density at radius 1 is 1.33 bits per heavy atom. The molecule has 2 radical (unpaired) electrons. The maximum absolute atomic E-state index is 11.9. The number of pyridine rings is 1. The van der Waals surface area contributed by atoms with Gasteiger partial charge in [0, 0.05) is 0 Å². The molecule has 0 saturated heterocycles. The van der Waals surface area contributed by atoms with Gasteiger partial charge in [0.15, 0.2) is 0 Å². The lowest BCUT2D eigenvalue weighted by atomic mass is 9.97. The van der Waals surface area contributed by atoms with Crippen molar-refractivity contribution in [2.45, 2.75) is 6.18 Å². The van der Waals surface area contributed by atoms with Crippen molar-refractivity contribution in [3.63, 3.8) is 0 Å². The Bertz CT molecular complexity index is 297. The first-order chi connectivity index (χ1) is 5.41. The zero-order valence-corrected chi connectivity index (χ0v) is 5.89. The number of aromatic nitrogens is 1. The van der Waals surface area contributed by atoms with Gasteiger partial charge in [-0.25, -0.2) is 4.98 Å². The normalized spacial score (nSPS) is 11.6. The summed E-state index contributed by atoms with van der Waals surface area (Å²) in [5, 5.41) is 0. The highest BCUT2D eigenvalue weighted by Crippen LogP contribution is 2.27. The molecule has 2 nitrogen and oxygen atoms in total. The Labute approximate surface area is 68.0 Å². The average molecular weight is 172 g/mol. The average Bonchev–Trinajstić information content (AvgIpc) is 1.92. The summed E-state index contributed by atoms with van der Waals surface area (Å²) in [7, 11) is 5.18. The Kier molecular flexibility index (Phi) is 2.00. The summed E-state index contributed by atoms with van der Waals surface area (Å²) in [6, 6.07) is 1.86. The first kappa shape index (κ1) is 8.90. The molecule has 0 aromatic carbocycles. The zero-order chi connectivity index (χ0) is 9.35. The molecule has 0 bridgehead atoms. The number of nitrogens with zero attached hydrogens (tertiary/aromatic N) is 1. The van der Waals surface area contributed by atoms with E-state index in [0.29, 0.717) is 0 Å². The van der Waals surface area contributed by atoms with Crippen molar-refractivity contribution in [2.75, 3.05) is 5.73 Å². The number of nitrogens with two attached hydrogens (primary N) is 1. The van der Waals surface area contributed by atoms with E-state index in [-0.39, 0.29) is 11.3 Å². The van der Waals surface area contributed by atoms with Crippen LogP contribution in [0, 0.1) is 0 Å². The molecular formula is C6H4BF3N2. The maximum Gasteiger partial charge on any atom is 0.433 e. The Morgan fingerprint density at radius 3 is 2.33 bits per heavy atom. The van der Waals surface area contributed by atoms with Crippen LogP contribution in [-0.4, -0.2) is 12.8 Å². The van der Waals surface area contributed by atoms with Crippen molar-refractivity contribution >= 4 is 19.1 Å². The summed E-state index contributed by atoms with van der Waals surface area (Å²) in [5.41, 5.74) is 4.09. The van der Waals surface area contributed by atoms with Gasteiger partial charge in [-0.15, -0.1) is 0 Å². The van der Waals surface area contributed by atoms with E-state index in [0.717, 1.165) is 12.1 Å². The van der Waals surface area contributed by atoms with Crippen LogP contribution >= 0.6 is 0 Å². The third kappa shape index (κ3) is 1.69. The molecule has 0 saturated carbocycles. The fourth-order valence-corrected chi connectivity index (χ4v) is 0.644. The first-order valence-corrected chi connectivity index (χ1v) is 3.00. The van der Waals surface area contributed by atoms with Crippen LogP contribution in [0.4, 0.5) is 19.0 Å². The molecule has 1 rings (SSSR count). The van der Waals surface area contributed by atoms with Crippen LogP contribution in [0.2, 0.25) is 0 Å². The summed E-state index contributed by atoms with van der Waals surface area (Å²) >= 11 is 0. The van der Waals surface area contributed by atoms with E-state index >= 15 is 0 Å². The van der Waals surface area contributed by atoms with Gasteiger partial charge in [-0.1, -0.05) is 11.5 Å². The highest BCUT2D eigenvalue weighted by molar-refractivity contribution is 6.35. The van der Waals surface area contributed by atoms with Crippen molar-refractivity contribution in [1.82, 2.24) is 4.98 Å². The van der Waals surface area contributed by atoms with Crippen molar-refractivity contribution in [3.8, 4) is 0 Å². The van der Waals surface area contributed by atoms with Crippen molar-refractivity contribution < 1.29 is 13.2 Å². The van der Waals surface area contributed by atoms with Crippen molar-refractivity contribution in [2.24, 2.45) is 0 Å². The fourth-order valence-electron chi connectivity index (χ4n) is 0.644. The number of nitrogen functional groups attached to an aromatic ring is 1. The van der Waals surface area contributed by atoms with Gasteiger partial charge < -0.3 is 5.73 Å². The molecule has 0 amide bonds. The van der Waals surface area contributed by atoms with E-state index in [2.05, 4.69) is 4.98 Å². The highest BCUT2D eigenvalue weighted by atomic mass is 19.4. The van der Waals surface area contributed by atoms with Gasteiger partial charge in [0.05, 0.1) is 0 Å². The van der Waals surface area contributed by atoms with Crippen LogP contribution < -0.4 is 11.2 Å². The first-order valence-electron chi connectivity index (χ1n) is 3.00. The molecule has 12 heavy (non-hydrogen) atoms. The van der Waals surface area contributed by atoms with E-state index in [1.807, 2.05) is 0 Å². The van der Waals surface area contributed by atoms with E-state index in [9.17, 15) is 13.2 Å². The monoisotopic (exact) mass is 172 g/mol. The number of alkyl halides is 3. The lowest BCUT2D eigenvalue weighted by Crippen LogP contribution is -2.17. The third-order valence-electron chi connectivity index (χ3n) is 1.25. The number of anilines is 1. The van der Waals surface area contributed by atoms with E-state index in [4.69, 9.17) is 13.6 Å². The molecule has 0 unspecified atom stereocenters. The summed E-state index contributed by atoms with van der Waals surface area (Å²) in [5.74, 6) is -0.301. The van der Waals surface area contributed by atoms with Crippen LogP contribution in [0.1, 0.15) is 5.69 Å². The molecule has 0 aliphatic carbocycles. The molecule has 1 heterocycles. The second kappa shape index (κ2) is 2.69. The molecular weight excluding hydrogens is 168 g/mol. The molecule has 6 heteroatoms. The second-order valence-corrected chi connectivity index (χ2v) is 2.17. The van der Waals surface area contributed by atoms with E-state index < -0.39 is 11.9 Å². The summed E-state index contributed by atoms with van der Waals surface area (Å²) in [6.45, 7) is 0. The number of hydrogen-bond donors (Lipinski definition) is 1. The van der Waals surface area contributed by atoms with Crippen LogP contribution in [0.25, 0.3) is 0 Å². The molecule has 0 atom stereocenters. The lowest BCUT2D eigenvalue weighted by molar-refractivity contribution is -0.141. The SMILES string of the molecule is [B]c1ccc(C(F)(F)F)nc1N. The topological polar surface area (TPSA) is 38.9 Å². The van der Waals surface area contributed by atoms with Gasteiger partial charge in [-0.3, -0.25) is 0 Å². The van der Waals surface area contributed by atoms with Gasteiger partial charge in [0.2, 0.25) is 0 Å². The Morgan fingerprint density at radius 2 is 1.92 bits per heavy atom. The van der Waals surface area contributed by atoms with Gasteiger partial charge >= 0.3 is 6.18 Å². The fraction of sp³-hybridized carbons (Fsp3) is 0.167. The smallest absolute Gasteiger partial charge is 0.384 e. The van der Waals surface area contributed by atoms with E-state index in [1.165, 1.54) is 0 Å². The quantitative estimate of drug-likeness (QED) is 0.577. The zero-order valence-electron chi connectivity index (χ0n) is 5.89. The number of hydrogen-bond acceptors (Lipinski definition) is 2. The predicted octanol–water partition coefficient (Wildman–Crippen LogP) is 0.476. The minimum absolute atomic E-state index is 0.0444. The third-order valence-corrected chi connectivity index (χ3v) is 1.25. The van der Waals surface area contributed by atoms with Crippen LogP contribution in [0.5, 0.6) is 0 Å². The van der Waals surface area contributed by atoms with Crippen molar-refractivity contribution in [1.29, 1.82) is 0 Å². The van der Waals surface area contributed by atoms with Gasteiger partial charge in [-0.05, 0) is 6.07 Å². The van der Waals surface area contributed by atoms with Crippen LogP contribution in [0.15, 0.2) is 12.1 Å². The summed E-state index contributed by atoms with van der Waals surface area (Å²) in [4.78, 5) is 3.07. The van der Waals surface area contributed by atoms with Gasteiger partial charge in [-0.2, -0.15) is 13.2 Å². The molecule has 0 spiro atoms. The maximum atomic E-state index is 11.9. The van der Waals surface area contributed by atoms with Gasteiger partial charge in [0.25, 0.3) is 0 Å². The predicted molar refractivity (Wildman–Crippen MR) is 39.0 cm³/mol. The second-order valence-electron chi connectivity index (χ2n) is 2.17. The minimum Gasteiger partial charge on any atom is -0.384 e. The standard InChI is InChI=1S/C6H4BF3N2/c7-3-1-2-4(6(8,9)10)12-5(3)11/h1-2H,(H2,11,12). The number of rotatable bonds is 0. The Hall–Kier alpha value is -1.20. The molecule has 2 N–H and O–H groups in total. The molecule has 62 valence electrons. The Balaban J connectivity index is 3.14. The van der Waals surface area contributed by atoms with Gasteiger partial charge in [0.1, 0.15) is 19.4 Å². The van der Waals surface area contributed by atoms with Crippen molar-refractivity contribution in [3.05, 3.63) is 17.8 Å².